The van der Waals surface area contributed by atoms with Crippen molar-refractivity contribution in [3.63, 3.8) is 0 Å². The van der Waals surface area contributed by atoms with Crippen LogP contribution in [-0.2, 0) is 11.3 Å². The van der Waals surface area contributed by atoms with E-state index in [1.165, 1.54) is 0 Å². The van der Waals surface area contributed by atoms with Gasteiger partial charge in [-0.2, -0.15) is 0 Å². The first-order chi connectivity index (χ1) is 15.9. The Morgan fingerprint density at radius 1 is 1.03 bits per heavy atom. The summed E-state index contributed by atoms with van der Waals surface area (Å²) in [6.07, 6.45) is 1.90. The van der Waals surface area contributed by atoms with E-state index in [0.29, 0.717) is 24.5 Å². The Labute approximate surface area is 192 Å². The van der Waals surface area contributed by atoms with Crippen LogP contribution < -0.4 is 5.32 Å². The molecule has 33 heavy (non-hydrogen) atoms. The Morgan fingerprint density at radius 2 is 1.82 bits per heavy atom. The second-order valence-corrected chi connectivity index (χ2v) is 8.01. The molecule has 170 valence electrons. The molecular formula is C25H28N6O2. The standard InChI is InChI=1S/C25H28N6O2/c1-5-29(6-2)23(32)16-30-13-12-19-15-20(10-11-22(19)30)26-25(33)24-18(4)31(28-27-24)21-9-7-8-17(3)14-21/h7-15H,5-6,16H2,1-4H3,(H,26,33). The first-order valence-electron chi connectivity index (χ1n) is 11.1. The SMILES string of the molecule is CCN(CC)C(=O)Cn1ccc2cc(NC(=O)c3nnn(-c4cccc(C)c4)c3C)ccc21. The van der Waals surface area contributed by atoms with Gasteiger partial charge in [-0.3, -0.25) is 9.59 Å². The van der Waals surface area contributed by atoms with Crippen molar-refractivity contribution in [3.8, 4) is 5.69 Å². The van der Waals surface area contributed by atoms with E-state index in [1.807, 2.05) is 91.9 Å². The maximum absolute atomic E-state index is 12.9. The number of benzene rings is 2. The van der Waals surface area contributed by atoms with E-state index >= 15 is 0 Å². The van der Waals surface area contributed by atoms with Crippen LogP contribution in [0.15, 0.2) is 54.7 Å². The minimum absolute atomic E-state index is 0.0852. The summed E-state index contributed by atoms with van der Waals surface area (Å²) in [5.74, 6) is -0.232. The van der Waals surface area contributed by atoms with E-state index in [0.717, 1.165) is 22.2 Å². The van der Waals surface area contributed by atoms with Crippen molar-refractivity contribution in [2.75, 3.05) is 18.4 Å². The van der Waals surface area contributed by atoms with Crippen molar-refractivity contribution < 1.29 is 9.59 Å². The highest BCUT2D eigenvalue weighted by Crippen LogP contribution is 2.22. The van der Waals surface area contributed by atoms with Gasteiger partial charge >= 0.3 is 0 Å². The van der Waals surface area contributed by atoms with Crippen LogP contribution in [0.25, 0.3) is 16.6 Å². The summed E-state index contributed by atoms with van der Waals surface area (Å²) in [7, 11) is 0. The fourth-order valence-electron chi connectivity index (χ4n) is 3.97. The van der Waals surface area contributed by atoms with Gasteiger partial charge in [0.2, 0.25) is 5.91 Å². The molecule has 0 aliphatic heterocycles. The van der Waals surface area contributed by atoms with Gasteiger partial charge < -0.3 is 14.8 Å². The second kappa shape index (κ2) is 9.28. The number of carbonyl (C=O) groups excluding carboxylic acids is 2. The highest BCUT2D eigenvalue weighted by Gasteiger charge is 2.18. The maximum Gasteiger partial charge on any atom is 0.278 e. The number of hydrogen-bond acceptors (Lipinski definition) is 4. The number of aromatic nitrogens is 4. The lowest BCUT2D eigenvalue weighted by atomic mass is 10.2. The van der Waals surface area contributed by atoms with Crippen molar-refractivity contribution in [2.45, 2.75) is 34.2 Å². The smallest absolute Gasteiger partial charge is 0.278 e. The fourth-order valence-corrected chi connectivity index (χ4v) is 3.97. The summed E-state index contributed by atoms with van der Waals surface area (Å²) in [6, 6.07) is 15.5. The molecule has 2 heterocycles. The Morgan fingerprint density at radius 3 is 2.55 bits per heavy atom. The third-order valence-corrected chi connectivity index (χ3v) is 5.81. The molecule has 0 saturated carbocycles. The van der Waals surface area contributed by atoms with Crippen molar-refractivity contribution >= 4 is 28.4 Å². The molecule has 8 heteroatoms. The Hall–Kier alpha value is -3.94. The van der Waals surface area contributed by atoms with Gasteiger partial charge in [0.1, 0.15) is 6.54 Å². The molecule has 0 radical (unpaired) electrons. The molecule has 0 fully saturated rings. The molecule has 0 bridgehead atoms. The Bertz CT molecular complexity index is 1320. The van der Waals surface area contributed by atoms with Gasteiger partial charge in [-0.1, -0.05) is 17.3 Å². The second-order valence-electron chi connectivity index (χ2n) is 8.01. The molecule has 0 unspecified atom stereocenters. The molecule has 1 N–H and O–H groups in total. The molecule has 4 rings (SSSR count). The minimum atomic E-state index is -0.318. The predicted molar refractivity (Wildman–Crippen MR) is 129 cm³/mol. The number of amides is 2. The highest BCUT2D eigenvalue weighted by atomic mass is 16.2. The van der Waals surface area contributed by atoms with Crippen LogP contribution in [0, 0.1) is 13.8 Å². The predicted octanol–water partition coefficient (Wildman–Crippen LogP) is 3.96. The summed E-state index contributed by atoms with van der Waals surface area (Å²) < 4.78 is 3.59. The van der Waals surface area contributed by atoms with Crippen LogP contribution in [0.3, 0.4) is 0 Å². The summed E-state index contributed by atoms with van der Waals surface area (Å²) >= 11 is 0. The average Bonchev–Trinajstić information content (AvgIpc) is 3.37. The van der Waals surface area contributed by atoms with E-state index in [1.54, 1.807) is 4.68 Å². The molecule has 0 saturated heterocycles. The topological polar surface area (TPSA) is 85.1 Å². The normalized spacial score (nSPS) is 11.0. The van der Waals surface area contributed by atoms with Gasteiger partial charge in [-0.05, 0) is 69.7 Å². The molecule has 4 aromatic rings. The van der Waals surface area contributed by atoms with Crippen molar-refractivity contribution in [1.29, 1.82) is 0 Å². The van der Waals surface area contributed by atoms with E-state index in [4.69, 9.17) is 0 Å². The lowest BCUT2D eigenvalue weighted by Crippen LogP contribution is -2.33. The van der Waals surface area contributed by atoms with Crippen molar-refractivity contribution in [3.05, 3.63) is 71.7 Å². The lowest BCUT2D eigenvalue weighted by Gasteiger charge is -2.19. The summed E-state index contributed by atoms with van der Waals surface area (Å²) in [5, 5.41) is 12.1. The van der Waals surface area contributed by atoms with Gasteiger partial charge in [0, 0.05) is 35.9 Å². The lowest BCUT2D eigenvalue weighted by molar-refractivity contribution is -0.131. The van der Waals surface area contributed by atoms with E-state index in [2.05, 4.69) is 15.6 Å². The van der Waals surface area contributed by atoms with E-state index < -0.39 is 0 Å². The molecule has 2 aromatic heterocycles. The van der Waals surface area contributed by atoms with Crippen LogP contribution >= 0.6 is 0 Å². The average molecular weight is 445 g/mol. The quantitative estimate of drug-likeness (QED) is 0.468. The first kappa shape index (κ1) is 22.3. The van der Waals surface area contributed by atoms with Crippen LogP contribution in [0.4, 0.5) is 5.69 Å². The monoisotopic (exact) mass is 444 g/mol. The van der Waals surface area contributed by atoms with E-state index in [9.17, 15) is 9.59 Å². The Balaban J connectivity index is 1.52. The van der Waals surface area contributed by atoms with Crippen LogP contribution in [-0.4, -0.2) is 49.4 Å². The zero-order chi connectivity index (χ0) is 23.5. The molecule has 2 aromatic carbocycles. The van der Waals surface area contributed by atoms with Crippen LogP contribution in [0.1, 0.15) is 35.6 Å². The first-order valence-corrected chi connectivity index (χ1v) is 11.1. The molecule has 0 spiro atoms. The van der Waals surface area contributed by atoms with Crippen molar-refractivity contribution in [1.82, 2.24) is 24.5 Å². The number of fused-ring (bicyclic) bond motifs is 1. The largest absolute Gasteiger partial charge is 0.342 e. The molecular weight excluding hydrogens is 416 g/mol. The van der Waals surface area contributed by atoms with Gasteiger partial charge in [-0.25, -0.2) is 4.68 Å². The van der Waals surface area contributed by atoms with Gasteiger partial charge in [-0.15, -0.1) is 5.10 Å². The third kappa shape index (κ3) is 4.50. The summed E-state index contributed by atoms with van der Waals surface area (Å²) in [4.78, 5) is 27.2. The number of hydrogen-bond donors (Lipinski definition) is 1. The maximum atomic E-state index is 12.9. The van der Waals surface area contributed by atoms with Crippen LogP contribution in [0.2, 0.25) is 0 Å². The molecule has 2 amide bonds. The Kier molecular flexibility index (Phi) is 6.26. The zero-order valence-electron chi connectivity index (χ0n) is 19.4. The number of aryl methyl sites for hydroxylation is 1. The molecule has 8 nitrogen and oxygen atoms in total. The molecule has 0 atom stereocenters. The van der Waals surface area contributed by atoms with Gasteiger partial charge in [0.15, 0.2) is 5.69 Å². The number of likely N-dealkylation sites (N-methyl/N-ethyl adjacent to an activating group) is 1. The number of nitrogens with one attached hydrogen (secondary N) is 1. The number of nitrogens with zero attached hydrogens (tertiary/aromatic N) is 5. The minimum Gasteiger partial charge on any atom is -0.342 e. The van der Waals surface area contributed by atoms with Gasteiger partial charge in [0.05, 0.1) is 11.4 Å². The summed E-state index contributed by atoms with van der Waals surface area (Å²) in [6.45, 7) is 9.46. The molecule has 0 aliphatic rings. The fraction of sp³-hybridized carbons (Fsp3) is 0.280. The molecule has 0 aliphatic carbocycles. The van der Waals surface area contributed by atoms with Gasteiger partial charge in [0.25, 0.3) is 5.91 Å². The zero-order valence-corrected chi connectivity index (χ0v) is 19.4. The van der Waals surface area contributed by atoms with E-state index in [-0.39, 0.29) is 24.1 Å². The van der Waals surface area contributed by atoms with Crippen molar-refractivity contribution in [2.24, 2.45) is 0 Å². The number of carbonyl (C=O) groups is 2. The summed E-state index contributed by atoms with van der Waals surface area (Å²) in [5.41, 5.74) is 4.51. The number of rotatable bonds is 7. The van der Waals surface area contributed by atoms with Crippen LogP contribution in [0.5, 0.6) is 0 Å². The third-order valence-electron chi connectivity index (χ3n) is 5.81. The highest BCUT2D eigenvalue weighted by molar-refractivity contribution is 6.04. The number of anilines is 1.